The maximum absolute atomic E-state index is 11.9. The van der Waals surface area contributed by atoms with Gasteiger partial charge < -0.3 is 19.5 Å². The third kappa shape index (κ3) is 5.39. The second-order valence-corrected chi connectivity index (χ2v) is 7.68. The van der Waals surface area contributed by atoms with Gasteiger partial charge in [0.1, 0.15) is 12.4 Å². The molecule has 2 fully saturated rings. The summed E-state index contributed by atoms with van der Waals surface area (Å²) in [6.45, 7) is 6.69. The fraction of sp³-hybridized carbons (Fsp3) is 0.500. The van der Waals surface area contributed by atoms with Gasteiger partial charge in [0.2, 0.25) is 0 Å². The van der Waals surface area contributed by atoms with Crippen molar-refractivity contribution in [1.29, 1.82) is 0 Å². The van der Waals surface area contributed by atoms with Crippen molar-refractivity contribution in [3.05, 3.63) is 35.0 Å². The van der Waals surface area contributed by atoms with Crippen LogP contribution in [0.2, 0.25) is 5.02 Å². The number of hydrogen-bond acceptors (Lipinski definition) is 7. The minimum atomic E-state index is -1.26. The Bertz CT molecular complexity index is 750. The number of ether oxygens (including phenoxy) is 3. The summed E-state index contributed by atoms with van der Waals surface area (Å²) in [6, 6.07) is 5.17. The summed E-state index contributed by atoms with van der Waals surface area (Å²) in [6.07, 6.45) is 5.05. The lowest BCUT2D eigenvalue weighted by molar-refractivity contribution is -0.222. The minimum absolute atomic E-state index is 0.211. The lowest BCUT2D eigenvalue weighted by Crippen LogP contribution is -2.42. The average molecular weight is 409 g/mol. The van der Waals surface area contributed by atoms with Crippen molar-refractivity contribution < 1.29 is 23.8 Å². The summed E-state index contributed by atoms with van der Waals surface area (Å²) in [4.78, 5) is 26.3. The fourth-order valence-corrected chi connectivity index (χ4v) is 3.34. The highest BCUT2D eigenvalue weighted by molar-refractivity contribution is 6.32. The number of benzene rings is 1. The standard InChI is InChI=1S/C20H25ClN2O5/c1-20(2)27-18(24)15(19(25)28-20)13-22-14-6-7-17(16(21)12-14)26-11-10-23-8-4-3-5-9-23/h6-7,12-13,22H,3-5,8-11H2,1-2H3. The molecule has 8 heteroatoms. The van der Waals surface area contributed by atoms with Gasteiger partial charge in [-0.15, -0.1) is 0 Å². The second kappa shape index (κ2) is 8.84. The molecule has 7 nitrogen and oxygen atoms in total. The Morgan fingerprint density at radius 3 is 2.50 bits per heavy atom. The molecule has 28 heavy (non-hydrogen) atoms. The lowest BCUT2D eigenvalue weighted by Gasteiger charge is -2.29. The molecule has 1 N–H and O–H groups in total. The maximum atomic E-state index is 11.9. The highest BCUT2D eigenvalue weighted by Crippen LogP contribution is 2.28. The van der Waals surface area contributed by atoms with Gasteiger partial charge in [-0.25, -0.2) is 9.59 Å². The Kier molecular flexibility index (Phi) is 6.46. The molecular weight excluding hydrogens is 384 g/mol. The van der Waals surface area contributed by atoms with E-state index in [1.165, 1.54) is 39.3 Å². The van der Waals surface area contributed by atoms with Gasteiger partial charge in [0.05, 0.1) is 5.02 Å². The molecular formula is C20H25ClN2O5. The number of cyclic esters (lactones) is 2. The number of nitrogens with one attached hydrogen (secondary N) is 1. The van der Waals surface area contributed by atoms with Crippen molar-refractivity contribution in [1.82, 2.24) is 4.90 Å². The molecule has 1 aromatic carbocycles. The number of likely N-dealkylation sites (tertiary alicyclic amines) is 1. The van der Waals surface area contributed by atoms with Crippen molar-refractivity contribution in [3.63, 3.8) is 0 Å². The number of nitrogens with zero attached hydrogens (tertiary/aromatic N) is 1. The molecule has 152 valence electrons. The SMILES string of the molecule is CC1(C)OC(=O)C(=CNc2ccc(OCCN3CCCCC3)c(Cl)c2)C(=O)O1. The van der Waals surface area contributed by atoms with Crippen LogP contribution in [0.5, 0.6) is 5.75 Å². The largest absolute Gasteiger partial charge is 0.491 e. The van der Waals surface area contributed by atoms with E-state index in [2.05, 4.69) is 10.2 Å². The Hall–Kier alpha value is -2.25. The first kappa shape index (κ1) is 20.5. The third-order valence-corrected chi connectivity index (χ3v) is 4.84. The maximum Gasteiger partial charge on any atom is 0.350 e. The Balaban J connectivity index is 1.55. The Labute approximate surface area is 169 Å². The van der Waals surface area contributed by atoms with E-state index in [1.807, 2.05) is 0 Å². The van der Waals surface area contributed by atoms with Crippen LogP contribution in [0.25, 0.3) is 0 Å². The van der Waals surface area contributed by atoms with Crippen LogP contribution in [0.15, 0.2) is 30.0 Å². The molecule has 2 aliphatic heterocycles. The molecule has 0 unspecified atom stereocenters. The van der Waals surface area contributed by atoms with Gasteiger partial charge in [0, 0.05) is 32.3 Å². The fourth-order valence-electron chi connectivity index (χ4n) is 3.11. The van der Waals surface area contributed by atoms with Gasteiger partial charge in [-0.05, 0) is 44.1 Å². The van der Waals surface area contributed by atoms with Crippen LogP contribution in [0, 0.1) is 0 Å². The van der Waals surface area contributed by atoms with Crippen molar-refractivity contribution in [2.75, 3.05) is 31.6 Å². The number of anilines is 1. The Morgan fingerprint density at radius 2 is 1.86 bits per heavy atom. The molecule has 2 heterocycles. The summed E-state index contributed by atoms with van der Waals surface area (Å²) in [7, 11) is 0. The van der Waals surface area contributed by atoms with E-state index in [0.717, 1.165) is 19.6 Å². The molecule has 0 saturated carbocycles. The second-order valence-electron chi connectivity index (χ2n) is 7.28. The molecule has 1 aromatic rings. The number of halogens is 1. The highest BCUT2D eigenvalue weighted by atomic mass is 35.5. The number of rotatable bonds is 6. The van der Waals surface area contributed by atoms with Crippen LogP contribution in [0.1, 0.15) is 33.1 Å². The lowest BCUT2D eigenvalue weighted by atomic mass is 10.1. The van der Waals surface area contributed by atoms with Crippen molar-refractivity contribution in [2.45, 2.75) is 38.9 Å². The van der Waals surface area contributed by atoms with Gasteiger partial charge in [0.15, 0.2) is 5.57 Å². The van der Waals surface area contributed by atoms with E-state index in [9.17, 15) is 9.59 Å². The first-order valence-electron chi connectivity index (χ1n) is 9.42. The number of piperidine rings is 1. The van der Waals surface area contributed by atoms with Crippen molar-refractivity contribution >= 4 is 29.2 Å². The molecule has 2 aliphatic rings. The van der Waals surface area contributed by atoms with Crippen LogP contribution in [0.3, 0.4) is 0 Å². The molecule has 0 radical (unpaired) electrons. The summed E-state index contributed by atoms with van der Waals surface area (Å²) in [5.74, 6) is -2.15. The van der Waals surface area contributed by atoms with E-state index in [1.54, 1.807) is 18.2 Å². The van der Waals surface area contributed by atoms with Gasteiger partial charge in [0.25, 0.3) is 5.79 Å². The van der Waals surface area contributed by atoms with Crippen LogP contribution < -0.4 is 10.1 Å². The molecule has 0 aliphatic carbocycles. The summed E-state index contributed by atoms with van der Waals surface area (Å²) in [5, 5.41) is 3.31. The quantitative estimate of drug-likeness (QED) is 0.439. The average Bonchev–Trinajstić information content (AvgIpc) is 2.62. The number of esters is 2. The van der Waals surface area contributed by atoms with Crippen LogP contribution >= 0.6 is 11.6 Å². The first-order chi connectivity index (χ1) is 13.3. The van der Waals surface area contributed by atoms with Crippen LogP contribution in [-0.4, -0.2) is 48.9 Å². The van der Waals surface area contributed by atoms with E-state index in [-0.39, 0.29) is 5.57 Å². The minimum Gasteiger partial charge on any atom is -0.491 e. The van der Waals surface area contributed by atoms with E-state index in [4.69, 9.17) is 25.8 Å². The van der Waals surface area contributed by atoms with Gasteiger partial charge in [-0.3, -0.25) is 4.90 Å². The smallest absolute Gasteiger partial charge is 0.350 e. The number of hydrogen-bond donors (Lipinski definition) is 1. The van der Waals surface area contributed by atoms with E-state index >= 15 is 0 Å². The summed E-state index contributed by atoms with van der Waals surface area (Å²) >= 11 is 6.28. The highest BCUT2D eigenvalue weighted by Gasteiger charge is 2.38. The molecule has 0 bridgehead atoms. The number of carbonyl (C=O) groups is 2. The van der Waals surface area contributed by atoms with Gasteiger partial charge in [-0.1, -0.05) is 18.0 Å². The monoisotopic (exact) mass is 408 g/mol. The zero-order chi connectivity index (χ0) is 20.1. The molecule has 2 saturated heterocycles. The summed E-state index contributed by atoms with van der Waals surface area (Å²) < 4.78 is 15.9. The van der Waals surface area contributed by atoms with E-state index in [0.29, 0.717) is 23.1 Å². The predicted molar refractivity (Wildman–Crippen MR) is 105 cm³/mol. The molecule has 0 amide bonds. The van der Waals surface area contributed by atoms with Crippen LogP contribution in [-0.2, 0) is 19.1 Å². The third-order valence-electron chi connectivity index (χ3n) is 4.55. The topological polar surface area (TPSA) is 77.1 Å². The molecule has 0 aromatic heterocycles. The van der Waals surface area contributed by atoms with E-state index < -0.39 is 17.7 Å². The molecule has 3 rings (SSSR count). The zero-order valence-corrected chi connectivity index (χ0v) is 16.9. The normalized spacial score (nSPS) is 19.6. The first-order valence-corrected chi connectivity index (χ1v) is 9.80. The van der Waals surface area contributed by atoms with Crippen molar-refractivity contribution in [3.8, 4) is 5.75 Å². The van der Waals surface area contributed by atoms with Crippen LogP contribution in [0.4, 0.5) is 5.69 Å². The Morgan fingerprint density at radius 1 is 1.18 bits per heavy atom. The van der Waals surface area contributed by atoms with Crippen molar-refractivity contribution in [2.24, 2.45) is 0 Å². The molecule has 0 spiro atoms. The summed E-state index contributed by atoms with van der Waals surface area (Å²) in [5.41, 5.74) is 0.392. The number of carbonyl (C=O) groups excluding carboxylic acids is 2. The predicted octanol–water partition coefficient (Wildman–Crippen LogP) is 3.34. The zero-order valence-electron chi connectivity index (χ0n) is 16.1. The van der Waals surface area contributed by atoms with Gasteiger partial charge in [-0.2, -0.15) is 0 Å². The van der Waals surface area contributed by atoms with Gasteiger partial charge >= 0.3 is 11.9 Å². The molecule has 0 atom stereocenters.